The van der Waals surface area contributed by atoms with Crippen LogP contribution in [-0.4, -0.2) is 17.0 Å². The number of carboxylic acid groups (broad SMARTS) is 1. The maximum Gasteiger partial charge on any atom is 0 e. The van der Waals surface area contributed by atoms with Gasteiger partial charge >= 0.3 is 57.8 Å². The third-order valence-corrected chi connectivity index (χ3v) is 1.21. The van der Waals surface area contributed by atoms with Gasteiger partial charge in [-0.05, 0) is 0 Å². The molecule has 0 saturated heterocycles. The number of aliphatic carboxylic acids is 1. The molecule has 0 rings (SSSR count). The molecule has 0 atom stereocenters. The summed E-state index contributed by atoms with van der Waals surface area (Å²) in [6, 6.07) is 0. The molecule has 1 N–H and O–H groups in total. The van der Waals surface area contributed by atoms with Gasteiger partial charge in [0.1, 0.15) is 0 Å². The van der Waals surface area contributed by atoms with E-state index in [9.17, 15) is 9.59 Å². The van der Waals surface area contributed by atoms with Crippen molar-refractivity contribution in [2.45, 2.75) is 12.3 Å². The molecule has 0 aromatic carbocycles. The summed E-state index contributed by atoms with van der Waals surface area (Å²) in [5, 5.41) is 7.87. The third kappa shape index (κ3) is 10.8. The second-order valence-corrected chi connectivity index (χ2v) is 2.05. The Kier molecular flexibility index (Phi) is 8.89. The van der Waals surface area contributed by atoms with E-state index in [1.165, 1.54) is 6.92 Å². The van der Waals surface area contributed by atoms with E-state index in [0.29, 0.717) is 0 Å². The van der Waals surface area contributed by atoms with Crippen LogP contribution >= 0.6 is 0 Å². The van der Waals surface area contributed by atoms with E-state index >= 15 is 0 Å². The SMILES string of the molecule is CC(=O)[O][Co][CH2]C(=O)O.[Ni]. The summed E-state index contributed by atoms with van der Waals surface area (Å²) in [6.45, 7) is 1.23. The van der Waals surface area contributed by atoms with Crippen LogP contribution in [0.15, 0.2) is 0 Å². The van der Waals surface area contributed by atoms with Gasteiger partial charge in [-0.2, -0.15) is 0 Å². The minimum Gasteiger partial charge on any atom is 0 e. The van der Waals surface area contributed by atoms with E-state index in [1.54, 1.807) is 0 Å². The molecule has 0 spiro atoms. The van der Waals surface area contributed by atoms with Gasteiger partial charge in [0.25, 0.3) is 0 Å². The Hall–Kier alpha value is -0.0600. The van der Waals surface area contributed by atoms with E-state index in [0.717, 1.165) is 0 Å². The summed E-state index contributed by atoms with van der Waals surface area (Å²) in [7, 11) is 0. The van der Waals surface area contributed by atoms with Gasteiger partial charge in [0.2, 0.25) is 0 Å². The molecule has 0 aliphatic carbocycles. The van der Waals surface area contributed by atoms with Crippen LogP contribution < -0.4 is 0 Å². The molecule has 0 aromatic rings. The summed E-state index contributed by atoms with van der Waals surface area (Å²) in [6.07, 6.45) is 0. The van der Waals surface area contributed by atoms with Crippen molar-refractivity contribution in [3.05, 3.63) is 0 Å². The van der Waals surface area contributed by atoms with Crippen molar-refractivity contribution in [1.29, 1.82) is 0 Å². The minimum absolute atomic E-state index is 0. The zero-order valence-electron chi connectivity index (χ0n) is 5.03. The first-order valence-electron chi connectivity index (χ1n) is 2.06. The Morgan fingerprint density at radius 2 is 2.10 bits per heavy atom. The maximum absolute atomic E-state index is 10.0. The smallest absolute Gasteiger partial charge is 0 e. The Labute approximate surface area is 74.5 Å². The van der Waals surface area contributed by atoms with Crippen LogP contribution in [0, 0.1) is 0 Å². The molecule has 0 radical (unpaired) electrons. The molecule has 0 saturated carbocycles. The Morgan fingerprint density at radius 3 is 2.40 bits per heavy atom. The molecule has 0 aliphatic heterocycles. The van der Waals surface area contributed by atoms with Crippen molar-refractivity contribution in [2.75, 3.05) is 0 Å². The third-order valence-electron chi connectivity index (χ3n) is 0.293. The molecule has 0 bridgehead atoms. The normalized spacial score (nSPS) is 8.10. The van der Waals surface area contributed by atoms with Crippen LogP contribution in [-0.2, 0) is 45.0 Å². The average molecular weight is 236 g/mol. The molecular weight excluding hydrogens is 230 g/mol. The van der Waals surface area contributed by atoms with E-state index < -0.39 is 11.9 Å². The minimum atomic E-state index is -0.976. The standard InChI is InChI=1S/C2H4O2.C2H3O2.Co.Ni/c2*1-2(3)4;;/h1H3,(H,3,4);1H2,(H,3,4);;/q;;+1;/p-1. The molecular formula is C4H6CoNiO4. The van der Waals surface area contributed by atoms with Crippen LogP contribution in [0.1, 0.15) is 6.92 Å². The van der Waals surface area contributed by atoms with Crippen molar-refractivity contribution in [3.63, 3.8) is 0 Å². The predicted octanol–water partition coefficient (Wildman–Crippen LogP) is 0.0474. The summed E-state index contributed by atoms with van der Waals surface area (Å²) < 4.78 is 4.30. The van der Waals surface area contributed by atoms with Gasteiger partial charge in [-0.25, -0.2) is 0 Å². The maximum atomic E-state index is 10.0. The van der Waals surface area contributed by atoms with Gasteiger partial charge < -0.3 is 0 Å². The second kappa shape index (κ2) is 7.05. The Bertz CT molecular complexity index is 112. The molecule has 0 aromatic heterocycles. The second-order valence-electron chi connectivity index (χ2n) is 1.17. The first kappa shape index (κ1) is 12.6. The Balaban J connectivity index is 0. The van der Waals surface area contributed by atoms with E-state index in [4.69, 9.17) is 5.11 Å². The molecule has 65 valence electrons. The molecule has 10 heavy (non-hydrogen) atoms. The van der Waals surface area contributed by atoms with Gasteiger partial charge in [-0.15, -0.1) is 0 Å². The molecule has 0 heterocycles. The largest absolute Gasteiger partial charge is 0 e. The first-order valence-corrected chi connectivity index (χ1v) is 3.22. The fourth-order valence-corrected chi connectivity index (χ4v) is 0.548. The van der Waals surface area contributed by atoms with Gasteiger partial charge in [-0.3, -0.25) is 0 Å². The van der Waals surface area contributed by atoms with Crippen LogP contribution in [0.4, 0.5) is 0 Å². The van der Waals surface area contributed by atoms with Crippen LogP contribution in [0.3, 0.4) is 0 Å². The number of carboxylic acids is 1. The van der Waals surface area contributed by atoms with Crippen molar-refractivity contribution in [3.8, 4) is 0 Å². The molecule has 0 aliphatic rings. The zero-order chi connectivity index (χ0) is 7.28. The molecule has 4 nitrogen and oxygen atoms in total. The van der Waals surface area contributed by atoms with E-state index in [2.05, 4.69) is 3.85 Å². The van der Waals surface area contributed by atoms with Crippen LogP contribution in [0.2, 0.25) is 5.36 Å². The van der Waals surface area contributed by atoms with Gasteiger partial charge in [0, 0.05) is 16.5 Å². The summed E-state index contributed by atoms with van der Waals surface area (Å²) in [5.74, 6) is -1.44. The van der Waals surface area contributed by atoms with Crippen molar-refractivity contribution < 1.29 is 50.1 Å². The molecule has 0 unspecified atom stereocenters. The van der Waals surface area contributed by atoms with Crippen molar-refractivity contribution in [2.24, 2.45) is 0 Å². The van der Waals surface area contributed by atoms with Gasteiger partial charge in [0.15, 0.2) is 0 Å². The summed E-state index contributed by atoms with van der Waals surface area (Å²) >= 11 is 0.209. The first-order chi connectivity index (χ1) is 4.13. The topological polar surface area (TPSA) is 63.6 Å². The molecule has 0 amide bonds. The van der Waals surface area contributed by atoms with Gasteiger partial charge in [0.05, 0.1) is 0 Å². The average Bonchev–Trinajstić information content (AvgIpc) is 1.63. The van der Waals surface area contributed by atoms with E-state index in [-0.39, 0.29) is 36.9 Å². The molecule has 0 fully saturated rings. The van der Waals surface area contributed by atoms with Crippen LogP contribution in [0.5, 0.6) is 0 Å². The van der Waals surface area contributed by atoms with Gasteiger partial charge in [-0.1, -0.05) is 0 Å². The monoisotopic (exact) mass is 235 g/mol. The number of carbonyl (C=O) groups is 2. The van der Waals surface area contributed by atoms with Crippen molar-refractivity contribution >= 4 is 11.9 Å². The summed E-state index contributed by atoms with van der Waals surface area (Å²) in [4.78, 5) is 19.8. The zero-order valence-corrected chi connectivity index (χ0v) is 7.06. The number of hydrogen-bond acceptors (Lipinski definition) is 3. The summed E-state index contributed by atoms with van der Waals surface area (Å²) in [5.41, 5.74) is 0. The van der Waals surface area contributed by atoms with Crippen LogP contribution in [0.25, 0.3) is 0 Å². The number of carbonyl (C=O) groups excluding carboxylic acids is 1. The molecule has 6 heteroatoms. The fraction of sp³-hybridized carbons (Fsp3) is 0.500. The Morgan fingerprint density at radius 1 is 1.60 bits per heavy atom. The van der Waals surface area contributed by atoms with E-state index in [1.807, 2.05) is 0 Å². The van der Waals surface area contributed by atoms with Crippen molar-refractivity contribution in [1.82, 2.24) is 0 Å². The number of rotatable bonds is 3. The fourth-order valence-electron chi connectivity index (χ4n) is 0.133. The quantitative estimate of drug-likeness (QED) is 0.702. The predicted molar refractivity (Wildman–Crippen MR) is 24.2 cm³/mol. The number of hydrogen-bond donors (Lipinski definition) is 1.